The van der Waals surface area contributed by atoms with Crippen LogP contribution >= 0.6 is 15.9 Å². The minimum Gasteiger partial charge on any atom is -0.330 e. The van der Waals surface area contributed by atoms with Crippen molar-refractivity contribution in [1.29, 1.82) is 0 Å². The molecule has 0 saturated carbocycles. The van der Waals surface area contributed by atoms with Crippen molar-refractivity contribution >= 4 is 15.9 Å². The Kier molecular flexibility index (Phi) is 3.90. The molecule has 0 aliphatic rings. The van der Waals surface area contributed by atoms with Crippen molar-refractivity contribution in [3.05, 3.63) is 33.8 Å². The van der Waals surface area contributed by atoms with Crippen molar-refractivity contribution in [2.45, 2.75) is 19.4 Å². The molecule has 1 aromatic rings. The Morgan fingerprint density at radius 1 is 1.46 bits per heavy atom. The van der Waals surface area contributed by atoms with Crippen LogP contribution in [0, 0.1) is 6.92 Å². The monoisotopic (exact) mass is 242 g/mol. The maximum absolute atomic E-state index is 5.97. The summed E-state index contributed by atoms with van der Waals surface area (Å²) in [6.45, 7) is 2.70. The molecule has 1 aromatic carbocycles. The number of rotatable bonds is 3. The van der Waals surface area contributed by atoms with Gasteiger partial charge in [0.05, 0.1) is 0 Å². The lowest BCUT2D eigenvalue weighted by molar-refractivity contribution is 0.657. The van der Waals surface area contributed by atoms with Crippen molar-refractivity contribution in [2.24, 2.45) is 11.5 Å². The van der Waals surface area contributed by atoms with Gasteiger partial charge in [-0.05, 0) is 43.1 Å². The van der Waals surface area contributed by atoms with Crippen LogP contribution in [0.4, 0.5) is 0 Å². The van der Waals surface area contributed by atoms with Gasteiger partial charge < -0.3 is 11.5 Å². The van der Waals surface area contributed by atoms with E-state index in [4.69, 9.17) is 11.5 Å². The van der Waals surface area contributed by atoms with Crippen molar-refractivity contribution in [3.8, 4) is 0 Å². The summed E-state index contributed by atoms with van der Waals surface area (Å²) in [5.74, 6) is 0. The molecule has 0 aromatic heterocycles. The molecule has 0 fully saturated rings. The Labute approximate surface area is 87.4 Å². The second-order valence-corrected chi connectivity index (χ2v) is 4.10. The largest absolute Gasteiger partial charge is 0.330 e. The molecular weight excluding hydrogens is 228 g/mol. The van der Waals surface area contributed by atoms with Crippen molar-refractivity contribution in [3.63, 3.8) is 0 Å². The van der Waals surface area contributed by atoms with Gasteiger partial charge in [-0.1, -0.05) is 22.0 Å². The van der Waals surface area contributed by atoms with E-state index in [-0.39, 0.29) is 6.04 Å². The van der Waals surface area contributed by atoms with Crippen LogP contribution < -0.4 is 11.5 Å². The van der Waals surface area contributed by atoms with Gasteiger partial charge in [0, 0.05) is 10.5 Å². The molecule has 3 heteroatoms. The quantitative estimate of drug-likeness (QED) is 0.854. The van der Waals surface area contributed by atoms with E-state index in [0.29, 0.717) is 6.54 Å². The van der Waals surface area contributed by atoms with Crippen molar-refractivity contribution < 1.29 is 0 Å². The first kappa shape index (κ1) is 10.7. The highest BCUT2D eigenvalue weighted by atomic mass is 79.9. The van der Waals surface area contributed by atoms with E-state index < -0.39 is 0 Å². The molecular formula is C10H15BrN2. The summed E-state index contributed by atoms with van der Waals surface area (Å²) in [5, 5.41) is 0. The third-order valence-corrected chi connectivity index (χ3v) is 2.61. The fraction of sp³-hybridized carbons (Fsp3) is 0.400. The maximum atomic E-state index is 5.97. The Hall–Kier alpha value is -0.380. The van der Waals surface area contributed by atoms with Crippen LogP contribution in [0.2, 0.25) is 0 Å². The minimum atomic E-state index is 0.0579. The SMILES string of the molecule is Cc1ccc(Br)cc1[C@H](N)CCN. The van der Waals surface area contributed by atoms with Crippen LogP contribution in [-0.2, 0) is 0 Å². The van der Waals surface area contributed by atoms with Gasteiger partial charge >= 0.3 is 0 Å². The predicted octanol–water partition coefficient (Wildman–Crippen LogP) is 2.11. The summed E-state index contributed by atoms with van der Waals surface area (Å²) in [7, 11) is 0. The van der Waals surface area contributed by atoms with Gasteiger partial charge in [-0.25, -0.2) is 0 Å². The normalized spacial score (nSPS) is 12.9. The fourth-order valence-electron chi connectivity index (χ4n) is 1.35. The molecule has 0 bridgehead atoms. The summed E-state index contributed by atoms with van der Waals surface area (Å²) < 4.78 is 1.07. The van der Waals surface area contributed by atoms with E-state index in [1.807, 2.05) is 6.07 Å². The second kappa shape index (κ2) is 4.74. The third-order valence-electron chi connectivity index (χ3n) is 2.12. The molecule has 0 radical (unpaired) electrons. The Morgan fingerprint density at radius 3 is 2.77 bits per heavy atom. The summed E-state index contributed by atoms with van der Waals surface area (Å²) in [5.41, 5.74) is 13.8. The standard InChI is InChI=1S/C10H15BrN2/c1-7-2-3-8(11)6-9(7)10(13)4-5-12/h2-3,6,10H,4-5,12-13H2,1H3/t10-/m1/s1. The number of nitrogens with two attached hydrogens (primary N) is 2. The molecule has 0 spiro atoms. The lowest BCUT2D eigenvalue weighted by atomic mass is 10.00. The molecule has 0 aliphatic carbocycles. The van der Waals surface area contributed by atoms with Gasteiger partial charge in [0.1, 0.15) is 0 Å². The molecule has 72 valence electrons. The first-order valence-electron chi connectivity index (χ1n) is 4.37. The molecule has 0 amide bonds. The number of hydrogen-bond acceptors (Lipinski definition) is 2. The smallest absolute Gasteiger partial charge is 0.0309 e. The van der Waals surface area contributed by atoms with Crippen molar-refractivity contribution in [1.82, 2.24) is 0 Å². The first-order valence-corrected chi connectivity index (χ1v) is 5.16. The highest BCUT2D eigenvalue weighted by molar-refractivity contribution is 9.10. The van der Waals surface area contributed by atoms with Crippen molar-refractivity contribution in [2.75, 3.05) is 6.54 Å². The molecule has 1 rings (SSSR count). The van der Waals surface area contributed by atoms with Crippen LogP contribution in [0.25, 0.3) is 0 Å². The van der Waals surface area contributed by atoms with E-state index in [1.54, 1.807) is 0 Å². The summed E-state index contributed by atoms with van der Waals surface area (Å²) in [6, 6.07) is 6.21. The molecule has 0 saturated heterocycles. The molecule has 1 atom stereocenters. The van der Waals surface area contributed by atoms with E-state index in [9.17, 15) is 0 Å². The van der Waals surface area contributed by atoms with Gasteiger partial charge in [-0.2, -0.15) is 0 Å². The lowest BCUT2D eigenvalue weighted by Gasteiger charge is -2.13. The average molecular weight is 243 g/mol. The van der Waals surface area contributed by atoms with Crippen LogP contribution in [0.15, 0.2) is 22.7 Å². The van der Waals surface area contributed by atoms with Gasteiger partial charge in [0.2, 0.25) is 0 Å². The Balaban J connectivity index is 2.91. The first-order chi connectivity index (χ1) is 6.15. The number of aryl methyl sites for hydroxylation is 1. The zero-order valence-corrected chi connectivity index (χ0v) is 9.34. The van der Waals surface area contributed by atoms with E-state index in [0.717, 1.165) is 10.9 Å². The molecule has 2 nitrogen and oxygen atoms in total. The topological polar surface area (TPSA) is 52.0 Å². The predicted molar refractivity (Wildman–Crippen MR) is 59.5 cm³/mol. The molecule has 0 unspecified atom stereocenters. The Morgan fingerprint density at radius 2 is 2.15 bits per heavy atom. The lowest BCUT2D eigenvalue weighted by Crippen LogP contribution is -2.16. The fourth-order valence-corrected chi connectivity index (χ4v) is 1.72. The maximum Gasteiger partial charge on any atom is 0.0309 e. The molecule has 0 aliphatic heterocycles. The van der Waals surface area contributed by atoms with Crippen LogP contribution in [0.5, 0.6) is 0 Å². The van der Waals surface area contributed by atoms with E-state index >= 15 is 0 Å². The summed E-state index contributed by atoms with van der Waals surface area (Å²) in [4.78, 5) is 0. The third kappa shape index (κ3) is 2.79. The minimum absolute atomic E-state index is 0.0579. The van der Waals surface area contributed by atoms with E-state index in [1.165, 1.54) is 11.1 Å². The highest BCUT2D eigenvalue weighted by Crippen LogP contribution is 2.22. The Bertz CT molecular complexity index is 286. The average Bonchev–Trinajstić information content (AvgIpc) is 2.09. The number of hydrogen-bond donors (Lipinski definition) is 2. The summed E-state index contributed by atoms with van der Waals surface area (Å²) >= 11 is 3.43. The van der Waals surface area contributed by atoms with Gasteiger partial charge in [-0.15, -0.1) is 0 Å². The van der Waals surface area contributed by atoms with Gasteiger partial charge in [0.15, 0.2) is 0 Å². The molecule has 4 N–H and O–H groups in total. The van der Waals surface area contributed by atoms with Gasteiger partial charge in [-0.3, -0.25) is 0 Å². The molecule has 0 heterocycles. The number of halogens is 1. The molecule has 13 heavy (non-hydrogen) atoms. The number of benzene rings is 1. The van der Waals surface area contributed by atoms with Gasteiger partial charge in [0.25, 0.3) is 0 Å². The van der Waals surface area contributed by atoms with Crippen LogP contribution in [0.3, 0.4) is 0 Å². The van der Waals surface area contributed by atoms with Crippen LogP contribution in [0.1, 0.15) is 23.6 Å². The zero-order chi connectivity index (χ0) is 9.84. The highest BCUT2D eigenvalue weighted by Gasteiger charge is 2.07. The van der Waals surface area contributed by atoms with Crippen LogP contribution in [-0.4, -0.2) is 6.54 Å². The zero-order valence-electron chi connectivity index (χ0n) is 7.76. The second-order valence-electron chi connectivity index (χ2n) is 3.18. The van der Waals surface area contributed by atoms with E-state index in [2.05, 4.69) is 35.0 Å². The summed E-state index contributed by atoms with van der Waals surface area (Å²) in [6.07, 6.45) is 0.831.